The fraction of sp³-hybridized carbons (Fsp3) is 0.733. The number of hydrogen-bond donors (Lipinski definition) is 3. The highest BCUT2D eigenvalue weighted by Gasteiger charge is 2.46. The minimum absolute atomic E-state index is 0.0151. The Morgan fingerprint density at radius 2 is 2.17 bits per heavy atom. The van der Waals surface area contributed by atoms with Crippen molar-refractivity contribution in [3.63, 3.8) is 0 Å². The van der Waals surface area contributed by atoms with E-state index in [4.69, 9.17) is 0 Å². The first-order valence-corrected chi connectivity index (χ1v) is 6.74. The zero-order chi connectivity index (χ0) is 13.5. The minimum Gasteiger partial charge on any atom is -0.392 e. The summed E-state index contributed by atoms with van der Waals surface area (Å²) in [6.07, 6.45) is 3.22. The molecule has 1 fully saturated rings. The molecule has 0 amide bonds. The van der Waals surface area contributed by atoms with Crippen LogP contribution in [-0.4, -0.2) is 34.1 Å². The van der Waals surface area contributed by atoms with E-state index in [0.29, 0.717) is 12.3 Å². The molecule has 0 saturated heterocycles. The molecule has 5 atom stereocenters. The maximum Gasteiger partial charge on any atom is 0.0726 e. The highest BCUT2D eigenvalue weighted by Crippen LogP contribution is 2.53. The first kappa shape index (κ1) is 13.8. The zero-order valence-electron chi connectivity index (χ0n) is 11.3. The molecule has 0 aromatic rings. The molecule has 1 saturated carbocycles. The molecule has 0 aromatic heterocycles. The molecule has 0 aromatic carbocycles. The van der Waals surface area contributed by atoms with Gasteiger partial charge < -0.3 is 15.3 Å². The predicted molar refractivity (Wildman–Crippen MR) is 70.9 cm³/mol. The van der Waals surface area contributed by atoms with Crippen LogP contribution in [-0.2, 0) is 0 Å². The molecule has 5 unspecified atom stereocenters. The van der Waals surface area contributed by atoms with Crippen LogP contribution in [0.2, 0.25) is 0 Å². The molecule has 0 radical (unpaired) electrons. The van der Waals surface area contributed by atoms with Gasteiger partial charge in [-0.25, -0.2) is 0 Å². The van der Waals surface area contributed by atoms with Crippen molar-refractivity contribution in [3.8, 4) is 0 Å². The van der Waals surface area contributed by atoms with Crippen molar-refractivity contribution in [1.82, 2.24) is 0 Å². The second-order valence-electron chi connectivity index (χ2n) is 6.21. The third kappa shape index (κ3) is 2.15. The van der Waals surface area contributed by atoms with E-state index in [1.165, 1.54) is 5.57 Å². The summed E-state index contributed by atoms with van der Waals surface area (Å²) in [6.45, 7) is 8.18. The lowest BCUT2D eigenvalue weighted by molar-refractivity contribution is 0.0211. The van der Waals surface area contributed by atoms with Crippen LogP contribution in [0.15, 0.2) is 23.8 Å². The number of aliphatic hydroxyl groups is 3. The Morgan fingerprint density at radius 3 is 2.78 bits per heavy atom. The number of fused-ring (bicyclic) bond motifs is 1. The van der Waals surface area contributed by atoms with Gasteiger partial charge in [0.1, 0.15) is 0 Å². The summed E-state index contributed by atoms with van der Waals surface area (Å²) in [5, 5.41) is 29.3. The van der Waals surface area contributed by atoms with E-state index in [2.05, 4.69) is 20.4 Å². The highest BCUT2D eigenvalue weighted by atomic mass is 16.3. The summed E-state index contributed by atoms with van der Waals surface area (Å²) in [4.78, 5) is 0. The van der Waals surface area contributed by atoms with E-state index in [0.717, 1.165) is 18.4 Å². The van der Waals surface area contributed by atoms with Gasteiger partial charge in [-0.2, -0.15) is 0 Å². The summed E-state index contributed by atoms with van der Waals surface area (Å²) in [6, 6.07) is 0. The minimum atomic E-state index is -0.485. The van der Waals surface area contributed by atoms with Crippen LogP contribution in [0.25, 0.3) is 0 Å². The van der Waals surface area contributed by atoms with Crippen LogP contribution in [0.4, 0.5) is 0 Å². The molecule has 2 aliphatic carbocycles. The predicted octanol–water partition coefficient (Wildman–Crippen LogP) is 1.64. The molecule has 2 aliphatic rings. The third-order valence-corrected chi connectivity index (χ3v) is 5.07. The first-order chi connectivity index (χ1) is 8.38. The summed E-state index contributed by atoms with van der Waals surface area (Å²) in [7, 11) is 0. The Balaban J connectivity index is 2.29. The molecule has 0 aliphatic heterocycles. The van der Waals surface area contributed by atoms with Crippen LogP contribution >= 0.6 is 0 Å². The monoisotopic (exact) mass is 252 g/mol. The van der Waals surface area contributed by atoms with E-state index < -0.39 is 6.10 Å². The van der Waals surface area contributed by atoms with Crippen molar-refractivity contribution in [2.75, 3.05) is 6.61 Å². The van der Waals surface area contributed by atoms with Gasteiger partial charge in [0.25, 0.3) is 0 Å². The SMILES string of the molecule is C=C(CO)C1CC2(C)C(=CC(O)CC2C)CC1O. The molecule has 2 rings (SSSR count). The summed E-state index contributed by atoms with van der Waals surface area (Å²) >= 11 is 0. The van der Waals surface area contributed by atoms with E-state index in [-0.39, 0.29) is 24.0 Å². The normalized spacial score (nSPS) is 44.2. The fourth-order valence-electron chi connectivity index (χ4n) is 3.56. The maximum absolute atomic E-state index is 10.2. The molecular formula is C15H24O3. The Bertz CT molecular complexity index is 374. The molecule has 18 heavy (non-hydrogen) atoms. The second kappa shape index (κ2) is 4.80. The first-order valence-electron chi connectivity index (χ1n) is 6.74. The average molecular weight is 252 g/mol. The molecule has 0 bridgehead atoms. The van der Waals surface area contributed by atoms with Crippen LogP contribution in [0, 0.1) is 17.3 Å². The van der Waals surface area contributed by atoms with Gasteiger partial charge in [0.05, 0.1) is 18.8 Å². The number of rotatable bonds is 2. The lowest BCUT2D eigenvalue weighted by Gasteiger charge is -2.50. The van der Waals surface area contributed by atoms with Crippen molar-refractivity contribution < 1.29 is 15.3 Å². The van der Waals surface area contributed by atoms with E-state index in [9.17, 15) is 15.3 Å². The van der Waals surface area contributed by atoms with Gasteiger partial charge in [-0.1, -0.05) is 32.1 Å². The number of hydrogen-bond acceptors (Lipinski definition) is 3. The fourth-order valence-corrected chi connectivity index (χ4v) is 3.56. The Morgan fingerprint density at radius 1 is 1.50 bits per heavy atom. The van der Waals surface area contributed by atoms with Crippen molar-refractivity contribution in [2.24, 2.45) is 17.3 Å². The van der Waals surface area contributed by atoms with Crippen LogP contribution in [0.5, 0.6) is 0 Å². The maximum atomic E-state index is 10.2. The largest absolute Gasteiger partial charge is 0.392 e. The summed E-state index contributed by atoms with van der Waals surface area (Å²) in [5.41, 5.74) is 1.91. The Hall–Kier alpha value is -0.640. The van der Waals surface area contributed by atoms with Gasteiger partial charge in [-0.05, 0) is 36.2 Å². The summed E-state index contributed by atoms with van der Waals surface area (Å²) in [5.74, 6) is 0.351. The van der Waals surface area contributed by atoms with Crippen LogP contribution in [0.1, 0.15) is 33.1 Å². The van der Waals surface area contributed by atoms with Crippen LogP contribution < -0.4 is 0 Å². The van der Waals surface area contributed by atoms with Crippen molar-refractivity contribution in [2.45, 2.75) is 45.3 Å². The quantitative estimate of drug-likeness (QED) is 0.655. The molecule has 0 heterocycles. The van der Waals surface area contributed by atoms with Gasteiger partial charge in [-0.15, -0.1) is 0 Å². The topological polar surface area (TPSA) is 60.7 Å². The second-order valence-corrected chi connectivity index (χ2v) is 6.21. The van der Waals surface area contributed by atoms with Crippen LogP contribution in [0.3, 0.4) is 0 Å². The molecule has 102 valence electrons. The lowest BCUT2D eigenvalue weighted by atomic mass is 9.56. The number of aliphatic hydroxyl groups excluding tert-OH is 3. The highest BCUT2D eigenvalue weighted by molar-refractivity contribution is 5.27. The van der Waals surface area contributed by atoms with Gasteiger partial charge >= 0.3 is 0 Å². The van der Waals surface area contributed by atoms with E-state index >= 15 is 0 Å². The van der Waals surface area contributed by atoms with Gasteiger partial charge in [0, 0.05) is 5.92 Å². The molecule has 3 N–H and O–H groups in total. The van der Waals surface area contributed by atoms with Gasteiger partial charge in [0.15, 0.2) is 0 Å². The summed E-state index contributed by atoms with van der Waals surface area (Å²) < 4.78 is 0. The lowest BCUT2D eigenvalue weighted by Crippen LogP contribution is -2.44. The Labute approximate surface area is 109 Å². The molecular weight excluding hydrogens is 228 g/mol. The van der Waals surface area contributed by atoms with Crippen molar-refractivity contribution >= 4 is 0 Å². The van der Waals surface area contributed by atoms with Gasteiger partial charge in [0.2, 0.25) is 0 Å². The standard InChI is InChI=1S/C15H24O3/c1-9(8-16)13-7-15(3)10(2)4-12(17)5-11(15)6-14(13)18/h5,10,12-14,16-18H,1,4,6-8H2,2-3H3. The molecule has 3 heteroatoms. The molecule has 0 spiro atoms. The Kier molecular flexibility index (Phi) is 3.67. The third-order valence-electron chi connectivity index (χ3n) is 5.07. The van der Waals surface area contributed by atoms with E-state index in [1.807, 2.05) is 6.08 Å². The molecule has 3 nitrogen and oxygen atoms in total. The smallest absolute Gasteiger partial charge is 0.0726 e. The van der Waals surface area contributed by atoms with Gasteiger partial charge in [-0.3, -0.25) is 0 Å². The van der Waals surface area contributed by atoms with Crippen molar-refractivity contribution in [1.29, 1.82) is 0 Å². The zero-order valence-corrected chi connectivity index (χ0v) is 11.3. The van der Waals surface area contributed by atoms with Crippen molar-refractivity contribution in [3.05, 3.63) is 23.8 Å². The van der Waals surface area contributed by atoms with E-state index in [1.54, 1.807) is 0 Å². The average Bonchev–Trinajstić information content (AvgIpc) is 2.31.